The molecule has 0 saturated carbocycles. The third kappa shape index (κ3) is 5.48. The van der Waals surface area contributed by atoms with Crippen molar-refractivity contribution in [1.82, 2.24) is 0 Å². The zero-order valence-electron chi connectivity index (χ0n) is 20.4. The van der Waals surface area contributed by atoms with E-state index in [0.29, 0.717) is 42.7 Å². The summed E-state index contributed by atoms with van der Waals surface area (Å²) >= 11 is 0. The van der Waals surface area contributed by atoms with Gasteiger partial charge in [0.05, 0.1) is 6.61 Å². The number of ether oxygens (including phenoxy) is 1. The van der Waals surface area contributed by atoms with Gasteiger partial charge in [0.1, 0.15) is 5.82 Å². The lowest BCUT2D eigenvalue weighted by molar-refractivity contribution is 0.295. The SMILES string of the molecule is CCCOc1ccc(-c2ccc(CCC3CC=C(c4ccc(C)c(F)c4F)CC3)c(F)c2)c(F)c1F. The predicted molar refractivity (Wildman–Crippen MR) is 132 cm³/mol. The molecule has 1 unspecified atom stereocenters. The number of hydrogen-bond acceptors (Lipinski definition) is 1. The molecule has 1 atom stereocenters. The van der Waals surface area contributed by atoms with E-state index in [2.05, 4.69) is 0 Å². The number of benzene rings is 3. The van der Waals surface area contributed by atoms with Crippen LogP contribution in [0.1, 0.15) is 55.7 Å². The average molecular weight is 501 g/mol. The van der Waals surface area contributed by atoms with E-state index in [9.17, 15) is 22.0 Å². The standard InChI is InChI=1S/C30H29F5O/c1-3-16-36-26-15-14-24(29(34)30(26)35)22-12-11-21(25(31)17-22)10-7-19-5-8-20(9-6-19)23-13-4-18(2)27(32)28(23)33/h4,8,11-15,17,19H,3,5-7,9-10,16H2,1-2H3. The van der Waals surface area contributed by atoms with Gasteiger partial charge in [-0.15, -0.1) is 0 Å². The molecule has 36 heavy (non-hydrogen) atoms. The second-order valence-electron chi connectivity index (χ2n) is 9.36. The van der Waals surface area contributed by atoms with Gasteiger partial charge in [0.2, 0.25) is 5.82 Å². The summed E-state index contributed by atoms with van der Waals surface area (Å²) in [6, 6.07) is 10.4. The Labute approximate surface area is 208 Å². The van der Waals surface area contributed by atoms with E-state index >= 15 is 0 Å². The highest BCUT2D eigenvalue weighted by Gasteiger charge is 2.21. The van der Waals surface area contributed by atoms with Gasteiger partial charge in [0.25, 0.3) is 0 Å². The summed E-state index contributed by atoms with van der Waals surface area (Å²) in [5.74, 6) is -4.08. The molecule has 0 fully saturated rings. The summed E-state index contributed by atoms with van der Waals surface area (Å²) < 4.78 is 77.2. The Morgan fingerprint density at radius 1 is 0.861 bits per heavy atom. The van der Waals surface area contributed by atoms with Crippen molar-refractivity contribution in [2.45, 2.75) is 52.4 Å². The fraction of sp³-hybridized carbons (Fsp3) is 0.333. The van der Waals surface area contributed by atoms with Crippen molar-refractivity contribution >= 4 is 5.57 Å². The molecule has 6 heteroatoms. The molecule has 0 aromatic heterocycles. The second-order valence-corrected chi connectivity index (χ2v) is 9.36. The fourth-order valence-corrected chi connectivity index (χ4v) is 4.64. The maximum absolute atomic E-state index is 14.8. The molecule has 0 saturated heterocycles. The van der Waals surface area contributed by atoms with Crippen LogP contribution < -0.4 is 4.74 Å². The van der Waals surface area contributed by atoms with Crippen LogP contribution in [-0.2, 0) is 6.42 Å². The van der Waals surface area contributed by atoms with Crippen molar-refractivity contribution in [3.63, 3.8) is 0 Å². The van der Waals surface area contributed by atoms with E-state index in [1.54, 1.807) is 24.3 Å². The highest BCUT2D eigenvalue weighted by atomic mass is 19.2. The van der Waals surface area contributed by atoms with Gasteiger partial charge in [-0.25, -0.2) is 17.6 Å². The van der Waals surface area contributed by atoms with Crippen molar-refractivity contribution in [2.75, 3.05) is 6.61 Å². The Kier molecular flexibility index (Phi) is 8.12. The minimum absolute atomic E-state index is 0.0217. The third-order valence-corrected chi connectivity index (χ3v) is 6.84. The van der Waals surface area contributed by atoms with Gasteiger partial charge in [-0.1, -0.05) is 37.3 Å². The van der Waals surface area contributed by atoms with Crippen molar-refractivity contribution in [3.05, 3.63) is 94.3 Å². The Hall–Kier alpha value is -3.15. The first-order valence-corrected chi connectivity index (χ1v) is 12.3. The van der Waals surface area contributed by atoms with E-state index in [4.69, 9.17) is 4.74 Å². The monoisotopic (exact) mass is 500 g/mol. The summed E-state index contributed by atoms with van der Waals surface area (Å²) in [6.07, 6.45) is 5.99. The maximum atomic E-state index is 14.8. The number of rotatable bonds is 8. The van der Waals surface area contributed by atoms with Gasteiger partial charge in [0, 0.05) is 11.1 Å². The maximum Gasteiger partial charge on any atom is 0.201 e. The van der Waals surface area contributed by atoms with E-state index in [-0.39, 0.29) is 29.0 Å². The minimum Gasteiger partial charge on any atom is -0.490 e. The van der Waals surface area contributed by atoms with Crippen molar-refractivity contribution in [1.29, 1.82) is 0 Å². The topological polar surface area (TPSA) is 9.23 Å². The van der Waals surface area contributed by atoms with Crippen LogP contribution in [0.2, 0.25) is 0 Å². The molecule has 1 aliphatic rings. The molecule has 0 radical (unpaired) electrons. The van der Waals surface area contributed by atoms with Gasteiger partial charge in [-0.3, -0.25) is 0 Å². The molecule has 0 spiro atoms. The van der Waals surface area contributed by atoms with Crippen LogP contribution in [0.5, 0.6) is 5.75 Å². The van der Waals surface area contributed by atoms with Gasteiger partial charge >= 0.3 is 0 Å². The van der Waals surface area contributed by atoms with E-state index in [0.717, 1.165) is 18.4 Å². The molecule has 3 aromatic rings. The van der Waals surface area contributed by atoms with Gasteiger partial charge in [-0.2, -0.15) is 4.39 Å². The zero-order valence-corrected chi connectivity index (χ0v) is 20.4. The Bertz CT molecular complexity index is 1280. The van der Waals surface area contributed by atoms with Crippen molar-refractivity contribution in [3.8, 4) is 16.9 Å². The third-order valence-electron chi connectivity index (χ3n) is 6.84. The van der Waals surface area contributed by atoms with Gasteiger partial charge in [-0.05, 0) is 91.8 Å². The molecule has 1 nitrogen and oxygen atoms in total. The van der Waals surface area contributed by atoms with Crippen molar-refractivity contribution in [2.24, 2.45) is 5.92 Å². The lowest BCUT2D eigenvalue weighted by atomic mass is 9.83. The molecule has 3 aromatic carbocycles. The molecule has 0 aliphatic heterocycles. The average Bonchev–Trinajstić information content (AvgIpc) is 2.88. The van der Waals surface area contributed by atoms with Crippen LogP contribution in [0.3, 0.4) is 0 Å². The van der Waals surface area contributed by atoms with E-state index in [1.807, 2.05) is 13.0 Å². The molecule has 0 heterocycles. The van der Waals surface area contributed by atoms with Crippen LogP contribution >= 0.6 is 0 Å². The Morgan fingerprint density at radius 3 is 2.31 bits per heavy atom. The first-order valence-electron chi connectivity index (χ1n) is 12.3. The highest BCUT2D eigenvalue weighted by Crippen LogP contribution is 2.35. The molecular weight excluding hydrogens is 471 g/mol. The molecule has 0 N–H and O–H groups in total. The summed E-state index contributed by atoms with van der Waals surface area (Å²) in [5.41, 5.74) is 2.14. The summed E-state index contributed by atoms with van der Waals surface area (Å²) in [7, 11) is 0. The largest absolute Gasteiger partial charge is 0.490 e. The van der Waals surface area contributed by atoms with Crippen molar-refractivity contribution < 1.29 is 26.7 Å². The molecular formula is C30H29F5O. The lowest BCUT2D eigenvalue weighted by Crippen LogP contribution is -2.08. The van der Waals surface area contributed by atoms with Crippen LogP contribution in [-0.4, -0.2) is 6.61 Å². The molecule has 190 valence electrons. The highest BCUT2D eigenvalue weighted by molar-refractivity contribution is 5.67. The lowest BCUT2D eigenvalue weighted by Gasteiger charge is -2.23. The van der Waals surface area contributed by atoms with Crippen LogP contribution in [0.25, 0.3) is 16.7 Å². The van der Waals surface area contributed by atoms with Gasteiger partial charge < -0.3 is 4.74 Å². The first-order chi connectivity index (χ1) is 17.3. The van der Waals surface area contributed by atoms with Crippen LogP contribution in [0.15, 0.2) is 48.5 Å². The van der Waals surface area contributed by atoms with E-state index < -0.39 is 29.1 Å². The first kappa shape index (κ1) is 25.9. The molecule has 4 rings (SSSR count). The summed E-state index contributed by atoms with van der Waals surface area (Å²) in [6.45, 7) is 3.68. The quantitative estimate of drug-likeness (QED) is 0.281. The number of halogens is 5. The molecule has 0 bridgehead atoms. The molecule has 0 amide bonds. The second kappa shape index (κ2) is 11.3. The summed E-state index contributed by atoms with van der Waals surface area (Å²) in [4.78, 5) is 0. The number of allylic oxidation sites excluding steroid dienone is 2. The smallest absolute Gasteiger partial charge is 0.201 e. The molecule has 1 aliphatic carbocycles. The Balaban J connectivity index is 1.40. The summed E-state index contributed by atoms with van der Waals surface area (Å²) in [5, 5.41) is 0. The minimum atomic E-state index is -1.08. The number of hydrogen-bond donors (Lipinski definition) is 0. The zero-order chi connectivity index (χ0) is 25.8. The normalized spacial score (nSPS) is 15.6. The Morgan fingerprint density at radius 2 is 1.61 bits per heavy atom. The van der Waals surface area contributed by atoms with Crippen LogP contribution in [0, 0.1) is 41.9 Å². The van der Waals surface area contributed by atoms with Gasteiger partial charge in [0.15, 0.2) is 23.2 Å². The number of aryl methyl sites for hydroxylation is 2. The van der Waals surface area contributed by atoms with Crippen LogP contribution in [0.4, 0.5) is 22.0 Å². The fourth-order valence-electron chi connectivity index (χ4n) is 4.64. The predicted octanol–water partition coefficient (Wildman–Crippen LogP) is 8.96. The van der Waals surface area contributed by atoms with E-state index in [1.165, 1.54) is 25.1 Å².